The molecule has 1 rings (SSSR count). The molecule has 16 heavy (non-hydrogen) atoms. The SMILES string of the molecule is CCCC(CN)(CCC)SC1CCCCC1. The van der Waals surface area contributed by atoms with Crippen LogP contribution in [0.5, 0.6) is 0 Å². The van der Waals surface area contributed by atoms with Crippen LogP contribution in [0.4, 0.5) is 0 Å². The van der Waals surface area contributed by atoms with Gasteiger partial charge in [-0.15, -0.1) is 0 Å². The topological polar surface area (TPSA) is 26.0 Å². The minimum atomic E-state index is 0.394. The number of hydrogen-bond donors (Lipinski definition) is 1. The molecular formula is C14H29NS. The molecule has 2 N–H and O–H groups in total. The zero-order chi connectivity index (χ0) is 11.9. The maximum absolute atomic E-state index is 6.08. The summed E-state index contributed by atoms with van der Waals surface area (Å²) in [5.74, 6) is 0. The Kier molecular flexibility index (Phi) is 6.83. The molecule has 1 fully saturated rings. The average Bonchev–Trinajstić information content (AvgIpc) is 2.31. The van der Waals surface area contributed by atoms with Gasteiger partial charge in [-0.25, -0.2) is 0 Å². The molecule has 96 valence electrons. The number of hydrogen-bond acceptors (Lipinski definition) is 2. The lowest BCUT2D eigenvalue weighted by Gasteiger charge is -2.36. The molecule has 0 amide bonds. The van der Waals surface area contributed by atoms with E-state index in [0.29, 0.717) is 4.75 Å². The predicted molar refractivity (Wildman–Crippen MR) is 76.1 cm³/mol. The van der Waals surface area contributed by atoms with Crippen molar-refractivity contribution in [2.45, 2.75) is 81.6 Å². The highest BCUT2D eigenvalue weighted by Crippen LogP contribution is 2.41. The Balaban J connectivity index is 2.52. The van der Waals surface area contributed by atoms with Crippen LogP contribution in [0.1, 0.15) is 71.6 Å². The summed E-state index contributed by atoms with van der Waals surface area (Å²) in [5, 5.41) is 0.899. The Labute approximate surface area is 106 Å². The van der Waals surface area contributed by atoms with Crippen molar-refractivity contribution in [3.63, 3.8) is 0 Å². The zero-order valence-electron chi connectivity index (χ0n) is 11.1. The van der Waals surface area contributed by atoms with Gasteiger partial charge < -0.3 is 5.73 Å². The highest BCUT2D eigenvalue weighted by atomic mass is 32.2. The molecule has 1 aliphatic carbocycles. The standard InChI is InChI=1S/C14H29NS/c1-3-10-14(12-15,11-4-2)16-13-8-6-5-7-9-13/h13H,3-12,15H2,1-2H3. The van der Waals surface area contributed by atoms with E-state index in [1.54, 1.807) is 0 Å². The van der Waals surface area contributed by atoms with Crippen molar-refractivity contribution in [1.82, 2.24) is 0 Å². The van der Waals surface area contributed by atoms with E-state index in [9.17, 15) is 0 Å². The first kappa shape index (κ1) is 14.4. The molecular weight excluding hydrogens is 214 g/mol. The minimum Gasteiger partial charge on any atom is -0.329 e. The third-order valence-electron chi connectivity index (χ3n) is 3.75. The Hall–Kier alpha value is 0.310. The summed E-state index contributed by atoms with van der Waals surface area (Å²) < 4.78 is 0.394. The molecule has 0 atom stereocenters. The predicted octanol–water partition coefficient (Wildman–Crippen LogP) is 4.35. The van der Waals surface area contributed by atoms with Crippen molar-refractivity contribution in [3.8, 4) is 0 Å². The van der Waals surface area contributed by atoms with Crippen LogP contribution in [0, 0.1) is 0 Å². The van der Waals surface area contributed by atoms with Crippen LogP contribution in [0.25, 0.3) is 0 Å². The molecule has 2 heteroatoms. The average molecular weight is 243 g/mol. The van der Waals surface area contributed by atoms with Crippen LogP contribution >= 0.6 is 11.8 Å². The van der Waals surface area contributed by atoms with Gasteiger partial charge in [0.05, 0.1) is 0 Å². The smallest absolute Gasteiger partial charge is 0.0284 e. The molecule has 0 aliphatic heterocycles. The fourth-order valence-corrected chi connectivity index (χ4v) is 4.96. The lowest BCUT2D eigenvalue weighted by molar-refractivity contribution is 0.476. The highest BCUT2D eigenvalue weighted by molar-refractivity contribution is 8.01. The van der Waals surface area contributed by atoms with Gasteiger partial charge in [-0.1, -0.05) is 46.0 Å². The van der Waals surface area contributed by atoms with E-state index < -0.39 is 0 Å². The fraction of sp³-hybridized carbons (Fsp3) is 1.00. The van der Waals surface area contributed by atoms with E-state index in [1.807, 2.05) is 0 Å². The second-order valence-corrected chi connectivity index (χ2v) is 7.03. The second kappa shape index (κ2) is 7.60. The van der Waals surface area contributed by atoms with Crippen molar-refractivity contribution < 1.29 is 0 Å². The van der Waals surface area contributed by atoms with E-state index in [0.717, 1.165) is 11.8 Å². The van der Waals surface area contributed by atoms with Crippen LogP contribution in [0.3, 0.4) is 0 Å². The molecule has 0 heterocycles. The van der Waals surface area contributed by atoms with Crippen molar-refractivity contribution in [2.75, 3.05) is 6.54 Å². The fourth-order valence-electron chi connectivity index (χ4n) is 2.94. The van der Waals surface area contributed by atoms with Crippen molar-refractivity contribution in [3.05, 3.63) is 0 Å². The van der Waals surface area contributed by atoms with Gasteiger partial charge in [-0.2, -0.15) is 11.8 Å². The van der Waals surface area contributed by atoms with E-state index in [1.165, 1.54) is 57.8 Å². The van der Waals surface area contributed by atoms with E-state index in [-0.39, 0.29) is 0 Å². The third-order valence-corrected chi connectivity index (χ3v) is 5.63. The Morgan fingerprint density at radius 2 is 1.62 bits per heavy atom. The highest BCUT2D eigenvalue weighted by Gasteiger charge is 2.31. The minimum absolute atomic E-state index is 0.394. The normalized spacial score (nSPS) is 18.9. The van der Waals surface area contributed by atoms with Gasteiger partial charge in [-0.05, 0) is 25.7 Å². The first-order valence-corrected chi connectivity index (χ1v) is 8.02. The quantitative estimate of drug-likeness (QED) is 0.719. The Bertz CT molecular complexity index is 170. The molecule has 1 aliphatic rings. The lowest BCUT2D eigenvalue weighted by atomic mass is 9.97. The van der Waals surface area contributed by atoms with Crippen LogP contribution < -0.4 is 5.73 Å². The third kappa shape index (κ3) is 4.29. The first-order valence-electron chi connectivity index (χ1n) is 7.14. The van der Waals surface area contributed by atoms with Crippen LogP contribution in [-0.2, 0) is 0 Å². The van der Waals surface area contributed by atoms with Gasteiger partial charge in [0.1, 0.15) is 0 Å². The summed E-state index contributed by atoms with van der Waals surface area (Å²) in [6.07, 6.45) is 12.4. The maximum Gasteiger partial charge on any atom is 0.0284 e. The van der Waals surface area contributed by atoms with Crippen molar-refractivity contribution in [1.29, 1.82) is 0 Å². The first-order chi connectivity index (χ1) is 7.76. The molecule has 0 aromatic carbocycles. The van der Waals surface area contributed by atoms with E-state index >= 15 is 0 Å². The van der Waals surface area contributed by atoms with E-state index in [4.69, 9.17) is 5.73 Å². The molecule has 0 spiro atoms. The van der Waals surface area contributed by atoms with Crippen molar-refractivity contribution >= 4 is 11.8 Å². The molecule has 0 unspecified atom stereocenters. The van der Waals surface area contributed by atoms with Gasteiger partial charge in [-0.3, -0.25) is 0 Å². The van der Waals surface area contributed by atoms with Crippen LogP contribution in [0.15, 0.2) is 0 Å². The summed E-state index contributed by atoms with van der Waals surface area (Å²) in [5.41, 5.74) is 6.08. The van der Waals surface area contributed by atoms with Crippen molar-refractivity contribution in [2.24, 2.45) is 5.73 Å². The summed E-state index contributed by atoms with van der Waals surface area (Å²) in [6, 6.07) is 0. The summed E-state index contributed by atoms with van der Waals surface area (Å²) in [6.45, 7) is 5.46. The maximum atomic E-state index is 6.08. The Morgan fingerprint density at radius 3 is 2.06 bits per heavy atom. The van der Waals surface area contributed by atoms with Gasteiger partial charge >= 0.3 is 0 Å². The lowest BCUT2D eigenvalue weighted by Crippen LogP contribution is -2.36. The summed E-state index contributed by atoms with van der Waals surface area (Å²) in [7, 11) is 0. The van der Waals surface area contributed by atoms with Gasteiger partial charge in [0.2, 0.25) is 0 Å². The van der Waals surface area contributed by atoms with Gasteiger partial charge in [0.15, 0.2) is 0 Å². The Morgan fingerprint density at radius 1 is 1.06 bits per heavy atom. The van der Waals surface area contributed by atoms with Gasteiger partial charge in [0.25, 0.3) is 0 Å². The molecule has 0 saturated heterocycles. The molecule has 0 aromatic rings. The van der Waals surface area contributed by atoms with Gasteiger partial charge in [0, 0.05) is 16.5 Å². The second-order valence-electron chi connectivity index (χ2n) is 5.27. The van der Waals surface area contributed by atoms with Crippen LogP contribution in [-0.4, -0.2) is 16.5 Å². The summed E-state index contributed by atoms with van der Waals surface area (Å²) >= 11 is 2.24. The number of rotatable bonds is 7. The summed E-state index contributed by atoms with van der Waals surface area (Å²) in [4.78, 5) is 0. The number of nitrogens with two attached hydrogens (primary N) is 1. The molecule has 1 nitrogen and oxygen atoms in total. The monoisotopic (exact) mass is 243 g/mol. The zero-order valence-corrected chi connectivity index (χ0v) is 12.0. The molecule has 1 saturated carbocycles. The molecule has 0 aromatic heterocycles. The largest absolute Gasteiger partial charge is 0.329 e. The molecule has 0 bridgehead atoms. The van der Waals surface area contributed by atoms with E-state index in [2.05, 4.69) is 25.6 Å². The number of thioether (sulfide) groups is 1. The molecule has 0 radical (unpaired) electrons. The van der Waals surface area contributed by atoms with Crippen LogP contribution in [0.2, 0.25) is 0 Å².